The van der Waals surface area contributed by atoms with Gasteiger partial charge in [-0.1, -0.05) is 24.3 Å². The molecule has 2 aromatic rings. The molecule has 1 aliphatic rings. The van der Waals surface area contributed by atoms with Crippen LogP contribution in [0.2, 0.25) is 0 Å². The van der Waals surface area contributed by atoms with Gasteiger partial charge >= 0.3 is 7.12 Å². The fraction of sp³-hybridized carbons (Fsp3) is 0.143. The average Bonchev–Trinajstić information content (AvgIpc) is 2.88. The van der Waals surface area contributed by atoms with Crippen LogP contribution in [0.3, 0.4) is 0 Å². The molecule has 0 amide bonds. The SMILES string of the molecule is CN(c1ccc2c(c1)COB2O)S(=O)(=O)c1ccccc1. The fourth-order valence-electron chi connectivity index (χ4n) is 2.30. The molecule has 0 aromatic heterocycles. The van der Waals surface area contributed by atoms with E-state index in [-0.39, 0.29) is 11.5 Å². The molecule has 0 spiro atoms. The summed E-state index contributed by atoms with van der Waals surface area (Å²) in [5.41, 5.74) is 2.02. The minimum atomic E-state index is -3.59. The zero-order valence-corrected chi connectivity index (χ0v) is 12.2. The summed E-state index contributed by atoms with van der Waals surface area (Å²) in [7, 11) is -3.01. The van der Waals surface area contributed by atoms with Crippen molar-refractivity contribution in [2.45, 2.75) is 11.5 Å². The Morgan fingerprint density at radius 1 is 1.19 bits per heavy atom. The van der Waals surface area contributed by atoms with E-state index in [1.165, 1.54) is 11.4 Å². The largest absolute Gasteiger partial charge is 0.491 e. The van der Waals surface area contributed by atoms with Crippen molar-refractivity contribution < 1.29 is 18.1 Å². The van der Waals surface area contributed by atoms with Gasteiger partial charge in [-0.25, -0.2) is 8.42 Å². The van der Waals surface area contributed by atoms with E-state index in [4.69, 9.17) is 4.65 Å². The standard InChI is InChI=1S/C14H14BNO4S/c1-16(21(18,19)13-5-3-2-4-6-13)12-7-8-14-11(9-12)10-20-15(14)17/h2-9,17H,10H2,1H3. The Morgan fingerprint density at radius 3 is 2.62 bits per heavy atom. The Balaban J connectivity index is 1.98. The van der Waals surface area contributed by atoms with E-state index in [0.29, 0.717) is 11.2 Å². The maximum atomic E-state index is 12.5. The molecule has 0 radical (unpaired) electrons. The summed E-state index contributed by atoms with van der Waals surface area (Å²) >= 11 is 0. The topological polar surface area (TPSA) is 66.8 Å². The first kappa shape index (κ1) is 14.1. The van der Waals surface area contributed by atoms with Crippen LogP contribution in [0.25, 0.3) is 0 Å². The molecule has 1 heterocycles. The maximum absolute atomic E-state index is 12.5. The normalized spacial score (nSPS) is 14.1. The van der Waals surface area contributed by atoms with Gasteiger partial charge in [0.1, 0.15) is 0 Å². The van der Waals surface area contributed by atoms with Crippen LogP contribution < -0.4 is 9.77 Å². The van der Waals surface area contributed by atoms with Crippen LogP contribution >= 0.6 is 0 Å². The molecule has 0 saturated heterocycles. The van der Waals surface area contributed by atoms with Gasteiger partial charge in [-0.15, -0.1) is 0 Å². The van der Waals surface area contributed by atoms with E-state index in [9.17, 15) is 13.4 Å². The quantitative estimate of drug-likeness (QED) is 0.849. The first-order valence-corrected chi connectivity index (χ1v) is 7.90. The molecule has 1 N–H and O–H groups in total. The first-order valence-electron chi connectivity index (χ1n) is 6.46. The lowest BCUT2D eigenvalue weighted by atomic mass is 9.79. The zero-order valence-electron chi connectivity index (χ0n) is 11.4. The highest BCUT2D eigenvalue weighted by molar-refractivity contribution is 7.92. The molecule has 2 aromatic carbocycles. The highest BCUT2D eigenvalue weighted by Gasteiger charge is 2.29. The lowest BCUT2D eigenvalue weighted by Gasteiger charge is -2.20. The van der Waals surface area contributed by atoms with Crippen molar-refractivity contribution in [1.82, 2.24) is 0 Å². The van der Waals surface area contributed by atoms with E-state index in [1.54, 1.807) is 48.5 Å². The smallest absolute Gasteiger partial charge is 0.423 e. The summed E-state index contributed by atoms with van der Waals surface area (Å²) in [6.45, 7) is 0.281. The van der Waals surface area contributed by atoms with Crippen molar-refractivity contribution in [3.05, 3.63) is 54.1 Å². The number of fused-ring (bicyclic) bond motifs is 1. The van der Waals surface area contributed by atoms with Crippen molar-refractivity contribution in [3.8, 4) is 0 Å². The predicted molar refractivity (Wildman–Crippen MR) is 80.9 cm³/mol. The van der Waals surface area contributed by atoms with Gasteiger partial charge in [-0.05, 0) is 35.3 Å². The predicted octanol–water partition coefficient (Wildman–Crippen LogP) is 0.729. The van der Waals surface area contributed by atoms with Gasteiger partial charge in [-0.2, -0.15) is 0 Å². The summed E-state index contributed by atoms with van der Waals surface area (Å²) in [5, 5.41) is 9.59. The zero-order chi connectivity index (χ0) is 15.0. The van der Waals surface area contributed by atoms with Crippen LogP contribution in [0, 0.1) is 0 Å². The van der Waals surface area contributed by atoms with E-state index in [2.05, 4.69) is 0 Å². The number of nitrogens with zero attached hydrogens (tertiary/aromatic N) is 1. The Bertz CT molecular complexity index is 764. The van der Waals surface area contributed by atoms with Crippen LogP contribution in [-0.4, -0.2) is 27.6 Å². The number of benzene rings is 2. The van der Waals surface area contributed by atoms with Gasteiger partial charge in [-0.3, -0.25) is 4.31 Å². The molecular weight excluding hydrogens is 289 g/mol. The second kappa shape index (κ2) is 5.18. The summed E-state index contributed by atoms with van der Waals surface area (Å²) in [6, 6.07) is 13.4. The average molecular weight is 303 g/mol. The van der Waals surface area contributed by atoms with Gasteiger partial charge in [0.15, 0.2) is 0 Å². The van der Waals surface area contributed by atoms with Crippen LogP contribution in [0.5, 0.6) is 0 Å². The third kappa shape index (κ3) is 2.44. The second-order valence-electron chi connectivity index (χ2n) is 4.83. The molecule has 0 bridgehead atoms. The Hall–Kier alpha value is -1.83. The summed E-state index contributed by atoms with van der Waals surface area (Å²) in [5.74, 6) is 0. The Labute approximate surface area is 124 Å². The number of hydrogen-bond acceptors (Lipinski definition) is 4. The van der Waals surface area contributed by atoms with E-state index in [0.717, 1.165) is 5.56 Å². The fourth-order valence-corrected chi connectivity index (χ4v) is 3.51. The molecule has 3 rings (SSSR count). The first-order chi connectivity index (χ1) is 10.00. The van der Waals surface area contributed by atoms with E-state index in [1.807, 2.05) is 0 Å². The molecule has 0 fully saturated rings. The Kier molecular flexibility index (Phi) is 3.48. The van der Waals surface area contributed by atoms with E-state index >= 15 is 0 Å². The molecule has 7 heteroatoms. The molecule has 0 saturated carbocycles. The van der Waals surface area contributed by atoms with Gasteiger partial charge in [0.2, 0.25) is 0 Å². The molecule has 0 atom stereocenters. The second-order valence-corrected chi connectivity index (χ2v) is 6.80. The molecule has 0 unspecified atom stereocenters. The molecular formula is C14H14BNO4S. The van der Waals surface area contributed by atoms with E-state index < -0.39 is 17.1 Å². The lowest BCUT2D eigenvalue weighted by Crippen LogP contribution is -2.30. The van der Waals surface area contributed by atoms with Gasteiger partial charge in [0.25, 0.3) is 10.0 Å². The monoisotopic (exact) mass is 303 g/mol. The number of rotatable bonds is 3. The number of sulfonamides is 1. The molecule has 0 aliphatic carbocycles. The third-order valence-corrected chi connectivity index (χ3v) is 5.35. The van der Waals surface area contributed by atoms with Crippen molar-refractivity contribution in [3.63, 3.8) is 0 Å². The van der Waals surface area contributed by atoms with Gasteiger partial charge < -0.3 is 9.68 Å². The van der Waals surface area contributed by atoms with Crippen LogP contribution in [-0.2, 0) is 21.3 Å². The molecule has 1 aliphatic heterocycles. The summed E-state index contributed by atoms with van der Waals surface area (Å²) in [6.07, 6.45) is 0. The van der Waals surface area contributed by atoms with Crippen molar-refractivity contribution in [1.29, 1.82) is 0 Å². The summed E-state index contributed by atoms with van der Waals surface area (Å²) < 4.78 is 31.4. The highest BCUT2D eigenvalue weighted by atomic mass is 32.2. The Morgan fingerprint density at radius 2 is 1.90 bits per heavy atom. The van der Waals surface area contributed by atoms with Gasteiger partial charge in [0.05, 0.1) is 17.2 Å². The van der Waals surface area contributed by atoms with Crippen LogP contribution in [0.15, 0.2) is 53.4 Å². The van der Waals surface area contributed by atoms with Gasteiger partial charge in [0, 0.05) is 7.05 Å². The molecule has 5 nitrogen and oxygen atoms in total. The molecule has 21 heavy (non-hydrogen) atoms. The van der Waals surface area contributed by atoms with Crippen molar-refractivity contribution >= 4 is 28.3 Å². The summed E-state index contributed by atoms with van der Waals surface area (Å²) in [4.78, 5) is 0.240. The van der Waals surface area contributed by atoms with Crippen LogP contribution in [0.4, 0.5) is 5.69 Å². The van der Waals surface area contributed by atoms with Crippen molar-refractivity contribution in [2.24, 2.45) is 0 Å². The number of hydrogen-bond donors (Lipinski definition) is 1. The van der Waals surface area contributed by atoms with Crippen LogP contribution in [0.1, 0.15) is 5.56 Å². The number of anilines is 1. The maximum Gasteiger partial charge on any atom is 0.491 e. The molecule has 108 valence electrons. The lowest BCUT2D eigenvalue weighted by molar-refractivity contribution is 0.275. The third-order valence-electron chi connectivity index (χ3n) is 3.55. The minimum Gasteiger partial charge on any atom is -0.423 e. The highest BCUT2D eigenvalue weighted by Crippen LogP contribution is 2.24. The minimum absolute atomic E-state index is 0.240. The van der Waals surface area contributed by atoms with Crippen molar-refractivity contribution in [2.75, 3.05) is 11.4 Å².